The van der Waals surface area contributed by atoms with E-state index < -0.39 is 0 Å². The molecule has 4 rings (SSSR count). The maximum atomic E-state index is 12.3. The Labute approximate surface area is 159 Å². The number of aryl methyl sites for hydroxylation is 1. The van der Waals surface area contributed by atoms with Gasteiger partial charge in [0.25, 0.3) is 5.89 Å². The molecule has 1 aliphatic rings. The SMILES string of the molecule is Cc1cccc(CCN2CC(c3noc(-c4ccc(Br)o4)n3)CC2=O)c1. The fourth-order valence-electron chi connectivity index (χ4n) is 3.22. The highest BCUT2D eigenvalue weighted by Crippen LogP contribution is 2.29. The second-order valence-electron chi connectivity index (χ2n) is 6.54. The van der Waals surface area contributed by atoms with Gasteiger partial charge in [-0.2, -0.15) is 4.98 Å². The molecule has 0 aliphatic carbocycles. The van der Waals surface area contributed by atoms with Crippen LogP contribution in [0.15, 0.2) is 50.0 Å². The van der Waals surface area contributed by atoms with E-state index in [-0.39, 0.29) is 11.8 Å². The van der Waals surface area contributed by atoms with E-state index in [1.165, 1.54) is 11.1 Å². The van der Waals surface area contributed by atoms with E-state index in [1.807, 2.05) is 11.0 Å². The van der Waals surface area contributed by atoms with E-state index in [9.17, 15) is 4.79 Å². The number of likely N-dealkylation sites (tertiary alicyclic amines) is 1. The summed E-state index contributed by atoms with van der Waals surface area (Å²) >= 11 is 3.25. The van der Waals surface area contributed by atoms with E-state index >= 15 is 0 Å². The van der Waals surface area contributed by atoms with Gasteiger partial charge in [0, 0.05) is 25.4 Å². The van der Waals surface area contributed by atoms with E-state index in [0.29, 0.717) is 41.7 Å². The summed E-state index contributed by atoms with van der Waals surface area (Å²) in [6.07, 6.45) is 1.26. The van der Waals surface area contributed by atoms with E-state index in [0.717, 1.165) is 6.42 Å². The molecular formula is C19H18BrN3O3. The summed E-state index contributed by atoms with van der Waals surface area (Å²) < 4.78 is 11.3. The molecule has 0 bridgehead atoms. The summed E-state index contributed by atoms with van der Waals surface area (Å²) in [4.78, 5) is 18.6. The molecule has 1 saturated heterocycles. The molecule has 0 N–H and O–H groups in total. The van der Waals surface area contributed by atoms with Gasteiger partial charge in [-0.1, -0.05) is 35.0 Å². The van der Waals surface area contributed by atoms with Crippen LogP contribution in [0.1, 0.15) is 29.3 Å². The topological polar surface area (TPSA) is 72.4 Å². The van der Waals surface area contributed by atoms with Gasteiger partial charge < -0.3 is 13.8 Å². The summed E-state index contributed by atoms with van der Waals surface area (Å²) in [5.74, 6) is 1.48. The largest absolute Gasteiger partial charge is 0.444 e. The van der Waals surface area contributed by atoms with Gasteiger partial charge in [-0.3, -0.25) is 4.79 Å². The molecule has 1 aromatic carbocycles. The van der Waals surface area contributed by atoms with Crippen molar-refractivity contribution >= 4 is 21.8 Å². The van der Waals surface area contributed by atoms with Crippen LogP contribution in [-0.4, -0.2) is 34.0 Å². The highest BCUT2D eigenvalue weighted by molar-refractivity contribution is 9.10. The molecule has 3 aromatic rings. The molecule has 1 atom stereocenters. The molecule has 2 aromatic heterocycles. The van der Waals surface area contributed by atoms with Gasteiger partial charge in [0.15, 0.2) is 16.3 Å². The number of rotatable bonds is 5. The predicted octanol–water partition coefficient (Wildman–Crippen LogP) is 3.96. The van der Waals surface area contributed by atoms with Crippen molar-refractivity contribution in [3.05, 3.63) is 58.0 Å². The fraction of sp³-hybridized carbons (Fsp3) is 0.316. The maximum absolute atomic E-state index is 12.3. The van der Waals surface area contributed by atoms with E-state index in [1.54, 1.807) is 12.1 Å². The molecular weight excluding hydrogens is 398 g/mol. The number of amides is 1. The monoisotopic (exact) mass is 415 g/mol. The number of benzene rings is 1. The van der Waals surface area contributed by atoms with Crippen LogP contribution in [0, 0.1) is 6.92 Å². The van der Waals surface area contributed by atoms with Crippen LogP contribution in [0.3, 0.4) is 0 Å². The van der Waals surface area contributed by atoms with Crippen molar-refractivity contribution in [1.82, 2.24) is 15.0 Å². The van der Waals surface area contributed by atoms with Crippen molar-refractivity contribution in [3.63, 3.8) is 0 Å². The Morgan fingerprint density at radius 1 is 1.31 bits per heavy atom. The van der Waals surface area contributed by atoms with Gasteiger partial charge in [-0.15, -0.1) is 0 Å². The number of halogens is 1. The third kappa shape index (κ3) is 3.58. The quantitative estimate of drug-likeness (QED) is 0.630. The second kappa shape index (κ2) is 7.07. The highest BCUT2D eigenvalue weighted by Gasteiger charge is 2.33. The number of carbonyl (C=O) groups is 1. The van der Waals surface area contributed by atoms with Crippen LogP contribution < -0.4 is 0 Å². The minimum absolute atomic E-state index is 0.0455. The Kier molecular flexibility index (Phi) is 4.63. The highest BCUT2D eigenvalue weighted by atomic mass is 79.9. The van der Waals surface area contributed by atoms with Crippen LogP contribution in [0.4, 0.5) is 0 Å². The summed E-state index contributed by atoms with van der Waals surface area (Å²) in [5, 5.41) is 4.04. The Bertz CT molecular complexity index is 934. The molecule has 1 amide bonds. The second-order valence-corrected chi connectivity index (χ2v) is 7.32. The average molecular weight is 416 g/mol. The van der Waals surface area contributed by atoms with Crippen molar-refractivity contribution < 1.29 is 13.7 Å². The first kappa shape index (κ1) is 17.0. The molecule has 3 heterocycles. The molecule has 0 saturated carbocycles. The Hall–Kier alpha value is -2.41. The molecule has 7 heteroatoms. The first-order valence-electron chi connectivity index (χ1n) is 8.51. The standard InChI is InChI=1S/C19H18BrN3O3/c1-12-3-2-4-13(9-12)7-8-23-11-14(10-17(23)24)18-21-19(26-22-18)15-5-6-16(20)25-15/h2-6,9,14H,7-8,10-11H2,1H3. The van der Waals surface area contributed by atoms with Crippen molar-refractivity contribution in [2.45, 2.75) is 25.7 Å². The summed E-state index contributed by atoms with van der Waals surface area (Å²) in [5.41, 5.74) is 2.48. The fourth-order valence-corrected chi connectivity index (χ4v) is 3.53. The lowest BCUT2D eigenvalue weighted by Crippen LogP contribution is -2.27. The molecule has 26 heavy (non-hydrogen) atoms. The third-order valence-electron chi connectivity index (χ3n) is 4.56. The van der Waals surface area contributed by atoms with E-state index in [2.05, 4.69) is 51.2 Å². The first-order valence-corrected chi connectivity index (χ1v) is 9.30. The van der Waals surface area contributed by atoms with Gasteiger partial charge in [0.05, 0.1) is 0 Å². The molecule has 1 aliphatic heterocycles. The van der Waals surface area contributed by atoms with Crippen molar-refractivity contribution in [2.24, 2.45) is 0 Å². The summed E-state index contributed by atoms with van der Waals surface area (Å²) in [7, 11) is 0. The van der Waals surface area contributed by atoms with Gasteiger partial charge in [-0.05, 0) is 47.0 Å². The summed E-state index contributed by atoms with van der Waals surface area (Å²) in [6.45, 7) is 3.39. The van der Waals surface area contributed by atoms with Crippen molar-refractivity contribution in [3.8, 4) is 11.7 Å². The lowest BCUT2D eigenvalue weighted by atomic mass is 10.1. The molecule has 0 spiro atoms. The van der Waals surface area contributed by atoms with Crippen LogP contribution in [0.25, 0.3) is 11.7 Å². The molecule has 134 valence electrons. The Morgan fingerprint density at radius 3 is 2.96 bits per heavy atom. The minimum atomic E-state index is -0.0455. The molecule has 6 nitrogen and oxygen atoms in total. The minimum Gasteiger partial charge on any atom is -0.444 e. The van der Waals surface area contributed by atoms with Gasteiger partial charge in [-0.25, -0.2) is 0 Å². The predicted molar refractivity (Wildman–Crippen MR) is 98.5 cm³/mol. The van der Waals surface area contributed by atoms with Crippen molar-refractivity contribution in [1.29, 1.82) is 0 Å². The number of carbonyl (C=O) groups excluding carboxylic acids is 1. The van der Waals surface area contributed by atoms with Crippen LogP contribution in [0.2, 0.25) is 0 Å². The maximum Gasteiger partial charge on any atom is 0.293 e. The lowest BCUT2D eigenvalue weighted by molar-refractivity contribution is -0.127. The number of furan rings is 1. The van der Waals surface area contributed by atoms with Crippen LogP contribution in [0.5, 0.6) is 0 Å². The number of hydrogen-bond donors (Lipinski definition) is 0. The zero-order valence-corrected chi connectivity index (χ0v) is 15.9. The lowest BCUT2D eigenvalue weighted by Gasteiger charge is -2.16. The molecule has 1 fully saturated rings. The van der Waals surface area contributed by atoms with Gasteiger partial charge in [0.2, 0.25) is 5.91 Å². The Morgan fingerprint density at radius 2 is 2.19 bits per heavy atom. The summed E-state index contributed by atoms with van der Waals surface area (Å²) in [6, 6.07) is 11.9. The average Bonchev–Trinajstić information content (AvgIpc) is 3.32. The van der Waals surface area contributed by atoms with Gasteiger partial charge >= 0.3 is 0 Å². The van der Waals surface area contributed by atoms with Crippen molar-refractivity contribution in [2.75, 3.05) is 13.1 Å². The zero-order valence-electron chi connectivity index (χ0n) is 14.3. The smallest absolute Gasteiger partial charge is 0.293 e. The van der Waals surface area contributed by atoms with Gasteiger partial charge in [0.1, 0.15) is 0 Å². The molecule has 1 unspecified atom stereocenters. The first-order chi connectivity index (χ1) is 12.6. The van der Waals surface area contributed by atoms with Crippen LogP contribution in [-0.2, 0) is 11.2 Å². The van der Waals surface area contributed by atoms with Crippen LogP contribution >= 0.6 is 15.9 Å². The Balaban J connectivity index is 1.40. The zero-order chi connectivity index (χ0) is 18.1. The number of nitrogens with zero attached hydrogens (tertiary/aromatic N) is 3. The molecule has 0 radical (unpaired) electrons. The number of hydrogen-bond acceptors (Lipinski definition) is 5. The normalized spacial score (nSPS) is 17.2. The van der Waals surface area contributed by atoms with E-state index in [4.69, 9.17) is 8.94 Å². The third-order valence-corrected chi connectivity index (χ3v) is 4.98. The number of aromatic nitrogens is 2.